The molecule has 0 aliphatic heterocycles. The van der Waals surface area contributed by atoms with Crippen LogP contribution in [0.5, 0.6) is 11.5 Å². The maximum absolute atomic E-state index is 11.4. The van der Waals surface area contributed by atoms with Crippen LogP contribution in [0.3, 0.4) is 0 Å². The molecular weight excluding hydrogens is 284 g/mol. The summed E-state index contributed by atoms with van der Waals surface area (Å²) < 4.78 is 11.6. The molecule has 0 fully saturated rings. The average molecular weight is 306 g/mol. The van der Waals surface area contributed by atoms with E-state index in [-0.39, 0.29) is 17.9 Å². The molecule has 2 aromatic rings. The van der Waals surface area contributed by atoms with Crippen LogP contribution in [0.2, 0.25) is 0 Å². The van der Waals surface area contributed by atoms with Gasteiger partial charge in [-0.25, -0.2) is 4.79 Å². The second-order valence-electron chi connectivity index (χ2n) is 5.61. The molecule has 1 heterocycles. The first-order valence-corrected chi connectivity index (χ1v) is 7.27. The zero-order valence-electron chi connectivity index (χ0n) is 13.5. The first-order valence-electron chi connectivity index (χ1n) is 7.27. The SMILES string of the molecule is CNc1c(C(=O)O)[nH]c2cc(OC(C)C)cc(OC(C)C)c12. The fourth-order valence-electron chi connectivity index (χ4n) is 2.37. The molecule has 0 unspecified atom stereocenters. The Balaban J connectivity index is 2.70. The highest BCUT2D eigenvalue weighted by Gasteiger charge is 2.21. The van der Waals surface area contributed by atoms with Gasteiger partial charge in [0.1, 0.15) is 17.2 Å². The van der Waals surface area contributed by atoms with Crippen LogP contribution in [0.25, 0.3) is 10.9 Å². The number of fused-ring (bicyclic) bond motifs is 1. The number of aromatic amines is 1. The van der Waals surface area contributed by atoms with Crippen molar-refractivity contribution in [1.29, 1.82) is 0 Å². The van der Waals surface area contributed by atoms with Gasteiger partial charge >= 0.3 is 5.97 Å². The summed E-state index contributed by atoms with van der Waals surface area (Å²) in [6.07, 6.45) is -0.0209. The first kappa shape index (κ1) is 16.0. The van der Waals surface area contributed by atoms with E-state index in [1.165, 1.54) is 0 Å². The number of rotatable bonds is 6. The molecule has 6 heteroatoms. The van der Waals surface area contributed by atoms with Gasteiger partial charge < -0.3 is 24.9 Å². The predicted octanol–water partition coefficient (Wildman–Crippen LogP) is 3.48. The molecule has 120 valence electrons. The number of carboxylic acids is 1. The van der Waals surface area contributed by atoms with Crippen molar-refractivity contribution < 1.29 is 19.4 Å². The molecule has 0 atom stereocenters. The van der Waals surface area contributed by atoms with Crippen molar-refractivity contribution in [3.63, 3.8) is 0 Å². The van der Waals surface area contributed by atoms with Crippen LogP contribution in [0, 0.1) is 0 Å². The molecule has 0 saturated heterocycles. The van der Waals surface area contributed by atoms with Gasteiger partial charge in [0, 0.05) is 19.2 Å². The summed E-state index contributed by atoms with van der Waals surface area (Å²) in [6.45, 7) is 7.71. The highest BCUT2D eigenvalue weighted by Crippen LogP contribution is 2.39. The quantitative estimate of drug-likeness (QED) is 0.761. The number of nitrogens with one attached hydrogen (secondary N) is 2. The largest absolute Gasteiger partial charge is 0.491 e. The van der Waals surface area contributed by atoms with Gasteiger partial charge in [0.2, 0.25) is 0 Å². The number of benzene rings is 1. The van der Waals surface area contributed by atoms with Crippen molar-refractivity contribution in [2.75, 3.05) is 12.4 Å². The number of hydrogen-bond acceptors (Lipinski definition) is 4. The zero-order chi connectivity index (χ0) is 16.4. The molecule has 22 heavy (non-hydrogen) atoms. The number of ether oxygens (including phenoxy) is 2. The van der Waals surface area contributed by atoms with Gasteiger partial charge in [-0.3, -0.25) is 0 Å². The highest BCUT2D eigenvalue weighted by atomic mass is 16.5. The van der Waals surface area contributed by atoms with Crippen molar-refractivity contribution in [2.24, 2.45) is 0 Å². The lowest BCUT2D eigenvalue weighted by Crippen LogP contribution is -2.08. The monoisotopic (exact) mass is 306 g/mol. The van der Waals surface area contributed by atoms with E-state index in [9.17, 15) is 9.90 Å². The number of carboxylic acid groups (broad SMARTS) is 1. The van der Waals surface area contributed by atoms with Crippen molar-refractivity contribution in [1.82, 2.24) is 4.98 Å². The van der Waals surface area contributed by atoms with E-state index in [0.29, 0.717) is 28.1 Å². The van der Waals surface area contributed by atoms with E-state index in [1.54, 1.807) is 19.2 Å². The maximum atomic E-state index is 11.4. The molecule has 1 aromatic heterocycles. The average Bonchev–Trinajstić information content (AvgIpc) is 2.76. The van der Waals surface area contributed by atoms with Gasteiger partial charge in [0.05, 0.1) is 28.8 Å². The van der Waals surface area contributed by atoms with Gasteiger partial charge in [-0.1, -0.05) is 0 Å². The summed E-state index contributed by atoms with van der Waals surface area (Å²) in [6, 6.07) is 3.58. The number of aromatic carboxylic acids is 1. The Labute approximate surface area is 129 Å². The van der Waals surface area contributed by atoms with Crippen molar-refractivity contribution in [2.45, 2.75) is 39.9 Å². The normalized spacial score (nSPS) is 11.2. The van der Waals surface area contributed by atoms with E-state index >= 15 is 0 Å². The number of hydrogen-bond donors (Lipinski definition) is 3. The fraction of sp³-hybridized carbons (Fsp3) is 0.438. The van der Waals surface area contributed by atoms with E-state index in [0.717, 1.165) is 0 Å². The predicted molar refractivity (Wildman–Crippen MR) is 86.3 cm³/mol. The Hall–Kier alpha value is -2.37. The summed E-state index contributed by atoms with van der Waals surface area (Å²) >= 11 is 0. The second-order valence-corrected chi connectivity index (χ2v) is 5.61. The lowest BCUT2D eigenvalue weighted by Gasteiger charge is -2.15. The number of carbonyl (C=O) groups is 1. The second kappa shape index (κ2) is 6.17. The van der Waals surface area contributed by atoms with E-state index < -0.39 is 5.97 Å². The molecule has 3 N–H and O–H groups in total. The third-order valence-corrected chi connectivity index (χ3v) is 3.03. The van der Waals surface area contributed by atoms with Crippen LogP contribution < -0.4 is 14.8 Å². The van der Waals surface area contributed by atoms with E-state index in [4.69, 9.17) is 9.47 Å². The van der Waals surface area contributed by atoms with E-state index in [1.807, 2.05) is 27.7 Å². The number of aromatic nitrogens is 1. The van der Waals surface area contributed by atoms with Gasteiger partial charge in [0.25, 0.3) is 0 Å². The Morgan fingerprint density at radius 2 is 1.82 bits per heavy atom. The molecule has 0 amide bonds. The summed E-state index contributed by atoms with van der Waals surface area (Å²) in [5, 5.41) is 13.0. The van der Waals surface area contributed by atoms with Crippen LogP contribution in [0.4, 0.5) is 5.69 Å². The van der Waals surface area contributed by atoms with Crippen molar-refractivity contribution in [3.05, 3.63) is 17.8 Å². The number of H-pyrrole nitrogens is 1. The van der Waals surface area contributed by atoms with Crippen LogP contribution in [0.1, 0.15) is 38.2 Å². The van der Waals surface area contributed by atoms with E-state index in [2.05, 4.69) is 10.3 Å². The summed E-state index contributed by atoms with van der Waals surface area (Å²) in [5.41, 5.74) is 1.28. The summed E-state index contributed by atoms with van der Waals surface area (Å²) in [5.74, 6) is 0.206. The van der Waals surface area contributed by atoms with Gasteiger partial charge in [0.15, 0.2) is 0 Å². The molecule has 2 rings (SSSR count). The Morgan fingerprint density at radius 1 is 1.18 bits per heavy atom. The fourth-order valence-corrected chi connectivity index (χ4v) is 2.37. The highest BCUT2D eigenvalue weighted by molar-refractivity contribution is 6.08. The minimum absolute atomic E-state index is 0.0158. The molecule has 0 aliphatic rings. The molecule has 0 radical (unpaired) electrons. The van der Waals surface area contributed by atoms with Crippen LogP contribution in [-0.2, 0) is 0 Å². The zero-order valence-corrected chi connectivity index (χ0v) is 13.5. The van der Waals surface area contributed by atoms with Crippen LogP contribution in [0.15, 0.2) is 12.1 Å². The Morgan fingerprint density at radius 3 is 2.32 bits per heavy atom. The van der Waals surface area contributed by atoms with Crippen LogP contribution >= 0.6 is 0 Å². The van der Waals surface area contributed by atoms with Crippen molar-refractivity contribution in [3.8, 4) is 11.5 Å². The van der Waals surface area contributed by atoms with Gasteiger partial charge in [-0.15, -0.1) is 0 Å². The lowest BCUT2D eigenvalue weighted by atomic mass is 10.2. The maximum Gasteiger partial charge on any atom is 0.354 e. The molecule has 0 saturated carbocycles. The topological polar surface area (TPSA) is 83.6 Å². The molecule has 1 aromatic carbocycles. The Kier molecular flexibility index (Phi) is 4.49. The summed E-state index contributed by atoms with van der Waals surface area (Å²) in [7, 11) is 1.69. The number of anilines is 1. The minimum Gasteiger partial charge on any atom is -0.491 e. The van der Waals surface area contributed by atoms with Crippen molar-refractivity contribution >= 4 is 22.6 Å². The molecule has 0 aliphatic carbocycles. The smallest absolute Gasteiger partial charge is 0.354 e. The molecular formula is C16H22N2O4. The lowest BCUT2D eigenvalue weighted by molar-refractivity contribution is 0.0692. The van der Waals surface area contributed by atoms with Crippen LogP contribution in [-0.4, -0.2) is 35.3 Å². The van der Waals surface area contributed by atoms with Gasteiger partial charge in [-0.05, 0) is 27.7 Å². The minimum atomic E-state index is -1.03. The molecule has 0 bridgehead atoms. The summed E-state index contributed by atoms with van der Waals surface area (Å²) in [4.78, 5) is 14.3. The Bertz CT molecular complexity index is 689. The third kappa shape index (κ3) is 3.10. The standard InChI is InChI=1S/C16H22N2O4/c1-8(2)21-10-6-11-13(12(7-10)22-9(3)4)14(17-5)15(18-11)16(19)20/h6-9,17-18H,1-5H3,(H,19,20). The molecule has 0 spiro atoms. The molecule has 6 nitrogen and oxygen atoms in total. The third-order valence-electron chi connectivity index (χ3n) is 3.03. The first-order chi connectivity index (χ1) is 10.3. The van der Waals surface area contributed by atoms with Gasteiger partial charge in [-0.2, -0.15) is 0 Å².